The van der Waals surface area contributed by atoms with E-state index in [1.165, 1.54) is 12.5 Å². The molecule has 0 fully saturated rings. The van der Waals surface area contributed by atoms with Crippen LogP contribution in [0, 0.1) is 0 Å². The predicted octanol–water partition coefficient (Wildman–Crippen LogP) is 3.80. The van der Waals surface area contributed by atoms with Gasteiger partial charge in [0.05, 0.1) is 0 Å². The minimum atomic E-state index is -0.280. The molecule has 0 aliphatic rings. The van der Waals surface area contributed by atoms with E-state index in [4.69, 9.17) is 4.74 Å². The zero-order chi connectivity index (χ0) is 12.3. The lowest BCUT2D eigenvalue weighted by Crippen LogP contribution is -2.15. The van der Waals surface area contributed by atoms with Crippen molar-refractivity contribution >= 4 is 21.9 Å². The number of halogens is 1. The van der Waals surface area contributed by atoms with Crippen LogP contribution in [0.15, 0.2) is 18.2 Å². The van der Waals surface area contributed by atoms with Gasteiger partial charge in [-0.25, -0.2) is 0 Å². The van der Waals surface area contributed by atoms with Crippen LogP contribution in [0.5, 0.6) is 5.75 Å². The normalized spacial score (nSPS) is 11.3. The molecule has 0 aliphatic heterocycles. The molecule has 0 amide bonds. The van der Waals surface area contributed by atoms with Gasteiger partial charge in [-0.05, 0) is 17.0 Å². The average Bonchev–Trinajstić information content (AvgIpc) is 2.15. The molecule has 0 heterocycles. The van der Waals surface area contributed by atoms with Gasteiger partial charge in [0.25, 0.3) is 0 Å². The lowest BCUT2D eigenvalue weighted by atomic mass is 9.85. The van der Waals surface area contributed by atoms with Gasteiger partial charge in [-0.15, -0.1) is 0 Å². The number of ether oxygens (including phenoxy) is 1. The van der Waals surface area contributed by atoms with Crippen LogP contribution < -0.4 is 4.74 Å². The van der Waals surface area contributed by atoms with Crippen molar-refractivity contribution in [3.63, 3.8) is 0 Å². The first-order valence-corrected chi connectivity index (χ1v) is 6.34. The quantitative estimate of drug-likeness (QED) is 0.469. The van der Waals surface area contributed by atoms with E-state index in [0.29, 0.717) is 5.75 Å². The van der Waals surface area contributed by atoms with Crippen molar-refractivity contribution in [2.24, 2.45) is 0 Å². The Labute approximate surface area is 105 Å². The number of esters is 1. The molecule has 16 heavy (non-hydrogen) atoms. The number of hydrogen-bond donors (Lipinski definition) is 0. The van der Waals surface area contributed by atoms with Gasteiger partial charge in [0, 0.05) is 17.8 Å². The second-order valence-corrected chi connectivity index (χ2v) is 5.37. The highest BCUT2D eigenvalue weighted by molar-refractivity contribution is 9.08. The van der Waals surface area contributed by atoms with Crippen LogP contribution >= 0.6 is 15.9 Å². The Morgan fingerprint density at radius 2 is 2.00 bits per heavy atom. The molecule has 1 aromatic carbocycles. The number of carbonyl (C=O) groups is 1. The average molecular weight is 285 g/mol. The van der Waals surface area contributed by atoms with Gasteiger partial charge < -0.3 is 4.74 Å². The van der Waals surface area contributed by atoms with Crippen molar-refractivity contribution in [2.45, 2.75) is 38.4 Å². The van der Waals surface area contributed by atoms with Gasteiger partial charge >= 0.3 is 5.97 Å². The maximum Gasteiger partial charge on any atom is 0.308 e. The van der Waals surface area contributed by atoms with Crippen molar-refractivity contribution in [3.8, 4) is 5.75 Å². The Hall–Kier alpha value is -0.830. The summed E-state index contributed by atoms with van der Waals surface area (Å²) in [5.74, 6) is 0.377. The fourth-order valence-corrected chi connectivity index (χ4v) is 1.84. The largest absolute Gasteiger partial charge is 0.426 e. The summed E-state index contributed by atoms with van der Waals surface area (Å²) in [5, 5.41) is 0.802. The monoisotopic (exact) mass is 284 g/mol. The van der Waals surface area contributed by atoms with Gasteiger partial charge in [0.2, 0.25) is 0 Å². The maximum absolute atomic E-state index is 11.0. The van der Waals surface area contributed by atoms with Gasteiger partial charge in [0.15, 0.2) is 0 Å². The smallest absolute Gasteiger partial charge is 0.308 e. The molecule has 0 saturated heterocycles. The summed E-state index contributed by atoms with van der Waals surface area (Å²) in [5.41, 5.74) is 2.20. The molecule has 1 rings (SSSR count). The molecule has 0 N–H and O–H groups in total. The summed E-state index contributed by atoms with van der Waals surface area (Å²) in [7, 11) is 0. The van der Waals surface area contributed by atoms with E-state index >= 15 is 0 Å². The third-order valence-electron chi connectivity index (χ3n) is 2.26. The fourth-order valence-electron chi connectivity index (χ4n) is 1.49. The molecule has 2 nitrogen and oxygen atoms in total. The van der Waals surface area contributed by atoms with Crippen LogP contribution in [-0.4, -0.2) is 5.97 Å². The Kier molecular flexibility index (Phi) is 4.14. The molecule has 0 spiro atoms. The molecule has 0 atom stereocenters. The topological polar surface area (TPSA) is 26.3 Å². The molecule has 0 saturated carbocycles. The molecule has 0 radical (unpaired) electrons. The van der Waals surface area contributed by atoms with Crippen LogP contribution in [0.2, 0.25) is 0 Å². The van der Waals surface area contributed by atoms with Crippen molar-refractivity contribution < 1.29 is 9.53 Å². The van der Waals surface area contributed by atoms with Crippen LogP contribution in [0.3, 0.4) is 0 Å². The standard InChI is InChI=1S/C13H17BrO2/c1-9(15)16-12-6-5-10(8-14)7-11(12)13(2,3)4/h5-7H,8H2,1-4H3. The summed E-state index contributed by atoms with van der Waals surface area (Å²) < 4.78 is 5.22. The minimum Gasteiger partial charge on any atom is -0.426 e. The fraction of sp³-hybridized carbons (Fsp3) is 0.462. The van der Waals surface area contributed by atoms with E-state index in [2.05, 4.69) is 42.8 Å². The molecule has 88 valence electrons. The third kappa shape index (κ3) is 3.34. The van der Waals surface area contributed by atoms with Crippen molar-refractivity contribution in [2.75, 3.05) is 0 Å². The Balaban J connectivity index is 3.22. The Morgan fingerprint density at radius 3 is 2.44 bits per heavy atom. The van der Waals surface area contributed by atoms with Gasteiger partial charge in [0.1, 0.15) is 5.75 Å². The van der Waals surface area contributed by atoms with Gasteiger partial charge in [-0.3, -0.25) is 4.79 Å². The number of carbonyl (C=O) groups excluding carboxylic acids is 1. The van der Waals surface area contributed by atoms with Gasteiger partial charge in [-0.2, -0.15) is 0 Å². The van der Waals surface area contributed by atoms with E-state index in [0.717, 1.165) is 10.9 Å². The summed E-state index contributed by atoms with van der Waals surface area (Å²) in [6.07, 6.45) is 0. The van der Waals surface area contributed by atoms with E-state index in [1.54, 1.807) is 0 Å². The van der Waals surface area contributed by atoms with E-state index in [1.807, 2.05) is 12.1 Å². The molecule has 0 aliphatic carbocycles. The van der Waals surface area contributed by atoms with E-state index < -0.39 is 0 Å². The van der Waals surface area contributed by atoms with Crippen LogP contribution in [0.1, 0.15) is 38.8 Å². The number of benzene rings is 1. The molecule has 3 heteroatoms. The summed E-state index contributed by atoms with van der Waals surface area (Å²) in [6.45, 7) is 7.73. The van der Waals surface area contributed by atoms with Crippen LogP contribution in [0.25, 0.3) is 0 Å². The van der Waals surface area contributed by atoms with Crippen LogP contribution in [-0.2, 0) is 15.5 Å². The number of alkyl halides is 1. The first-order valence-electron chi connectivity index (χ1n) is 5.22. The summed E-state index contributed by atoms with van der Waals surface area (Å²) in [6, 6.07) is 5.90. The van der Waals surface area contributed by atoms with E-state index in [-0.39, 0.29) is 11.4 Å². The van der Waals surface area contributed by atoms with Crippen LogP contribution in [0.4, 0.5) is 0 Å². The third-order valence-corrected chi connectivity index (χ3v) is 2.91. The second-order valence-electron chi connectivity index (χ2n) is 4.81. The predicted molar refractivity (Wildman–Crippen MR) is 69.1 cm³/mol. The number of hydrogen-bond acceptors (Lipinski definition) is 2. The number of rotatable bonds is 2. The molecule has 1 aromatic rings. The summed E-state index contributed by atoms with van der Waals surface area (Å²) >= 11 is 3.43. The van der Waals surface area contributed by atoms with Crippen molar-refractivity contribution in [3.05, 3.63) is 29.3 Å². The first kappa shape index (κ1) is 13.2. The Bertz CT molecular complexity index is 391. The Morgan fingerprint density at radius 1 is 1.38 bits per heavy atom. The molecular formula is C13H17BrO2. The van der Waals surface area contributed by atoms with Crippen molar-refractivity contribution in [1.82, 2.24) is 0 Å². The van der Waals surface area contributed by atoms with Crippen molar-refractivity contribution in [1.29, 1.82) is 0 Å². The summed E-state index contributed by atoms with van der Waals surface area (Å²) in [4.78, 5) is 11.0. The minimum absolute atomic E-state index is 0.0387. The lowest BCUT2D eigenvalue weighted by molar-refractivity contribution is -0.131. The molecular weight excluding hydrogens is 268 g/mol. The molecule has 0 bridgehead atoms. The maximum atomic E-state index is 11.0. The van der Waals surface area contributed by atoms with E-state index in [9.17, 15) is 4.79 Å². The highest BCUT2D eigenvalue weighted by atomic mass is 79.9. The lowest BCUT2D eigenvalue weighted by Gasteiger charge is -2.22. The molecule has 0 aromatic heterocycles. The highest BCUT2D eigenvalue weighted by Crippen LogP contribution is 2.32. The zero-order valence-corrected chi connectivity index (χ0v) is 11.7. The SMILES string of the molecule is CC(=O)Oc1ccc(CBr)cc1C(C)(C)C. The first-order chi connectivity index (χ1) is 7.34. The highest BCUT2D eigenvalue weighted by Gasteiger charge is 2.20. The second kappa shape index (κ2) is 5.00. The zero-order valence-electron chi connectivity index (χ0n) is 10.1. The van der Waals surface area contributed by atoms with Gasteiger partial charge in [-0.1, -0.05) is 48.8 Å². The molecule has 0 unspecified atom stereocenters.